The Morgan fingerprint density at radius 3 is 2.00 bits per heavy atom. The van der Waals surface area contributed by atoms with E-state index in [1.807, 2.05) is 12.1 Å². The van der Waals surface area contributed by atoms with Crippen molar-refractivity contribution in [1.82, 2.24) is 4.23 Å². The molecule has 0 saturated carbocycles. The highest BCUT2D eigenvalue weighted by atomic mass is 28.3. The molecule has 0 atom stereocenters. The van der Waals surface area contributed by atoms with E-state index >= 15 is 4.39 Å². The zero-order valence-corrected chi connectivity index (χ0v) is 19.5. The fraction of sp³-hybridized carbons (Fsp3) is 0.391. The van der Waals surface area contributed by atoms with Crippen molar-refractivity contribution in [2.75, 3.05) is 0 Å². The molecule has 0 aliphatic rings. The van der Waals surface area contributed by atoms with E-state index in [9.17, 15) is 18.9 Å². The third-order valence-corrected chi connectivity index (χ3v) is 13.3. The molecule has 0 radical (unpaired) electrons. The number of nitro groups is 1. The molecule has 0 aliphatic heterocycles. The van der Waals surface area contributed by atoms with Gasteiger partial charge >= 0.3 is 5.69 Å². The van der Waals surface area contributed by atoms with Crippen LogP contribution in [0.2, 0.25) is 16.6 Å². The standard InChI is InChI=1S/C23H27F3N2O2Si/c1-13(2)31(14(3)4,15(5)6)27-12-17(16-9-7-8-10-20(16)27)21-18(24)11-19(25)23(22(21)26)28(29)30/h7-15H,1-6H3. The zero-order chi connectivity index (χ0) is 23.2. The molecule has 2 aromatic carbocycles. The first-order valence-corrected chi connectivity index (χ1v) is 12.6. The molecule has 166 valence electrons. The lowest BCUT2D eigenvalue weighted by Gasteiger charge is -2.44. The zero-order valence-electron chi connectivity index (χ0n) is 18.5. The summed E-state index contributed by atoms with van der Waals surface area (Å²) in [7, 11) is -2.30. The highest BCUT2D eigenvalue weighted by Crippen LogP contribution is 2.47. The van der Waals surface area contributed by atoms with Crippen LogP contribution in [0.3, 0.4) is 0 Å². The van der Waals surface area contributed by atoms with Crippen LogP contribution in [0, 0.1) is 27.6 Å². The fourth-order valence-corrected chi connectivity index (χ4v) is 12.2. The van der Waals surface area contributed by atoms with Crippen LogP contribution in [0.25, 0.3) is 22.0 Å². The topological polar surface area (TPSA) is 48.1 Å². The predicted molar refractivity (Wildman–Crippen MR) is 120 cm³/mol. The maximum atomic E-state index is 15.1. The molecule has 3 rings (SSSR count). The van der Waals surface area contributed by atoms with Gasteiger partial charge in [-0.2, -0.15) is 8.78 Å². The van der Waals surface area contributed by atoms with Crippen molar-refractivity contribution in [3.8, 4) is 11.1 Å². The molecule has 8 heteroatoms. The molecule has 0 spiro atoms. The highest BCUT2D eigenvalue weighted by molar-refractivity contribution is 6.82. The number of fused-ring (bicyclic) bond motifs is 1. The van der Waals surface area contributed by atoms with Gasteiger partial charge in [-0.25, -0.2) is 4.39 Å². The Morgan fingerprint density at radius 1 is 0.935 bits per heavy atom. The normalized spacial score (nSPS) is 12.5. The Morgan fingerprint density at radius 2 is 1.48 bits per heavy atom. The largest absolute Gasteiger partial charge is 0.373 e. The second-order valence-electron chi connectivity index (χ2n) is 8.92. The van der Waals surface area contributed by atoms with Gasteiger partial charge in [-0.3, -0.25) is 10.1 Å². The van der Waals surface area contributed by atoms with Crippen molar-refractivity contribution < 1.29 is 18.1 Å². The third-order valence-electron chi connectivity index (χ3n) is 6.50. The number of nitrogens with zero attached hydrogens (tertiary/aromatic N) is 2. The van der Waals surface area contributed by atoms with Crippen LogP contribution in [-0.4, -0.2) is 17.4 Å². The first kappa shape index (κ1) is 23.1. The number of para-hydroxylation sites is 1. The highest BCUT2D eigenvalue weighted by Gasteiger charge is 2.46. The Hall–Kier alpha value is -2.61. The predicted octanol–water partition coefficient (Wildman–Crippen LogP) is 7.66. The van der Waals surface area contributed by atoms with Gasteiger partial charge in [0.05, 0.1) is 10.5 Å². The van der Waals surface area contributed by atoms with Crippen LogP contribution in [0.5, 0.6) is 0 Å². The van der Waals surface area contributed by atoms with Crippen LogP contribution >= 0.6 is 0 Å². The summed E-state index contributed by atoms with van der Waals surface area (Å²) in [5, 5.41) is 11.8. The Balaban J connectivity index is 2.48. The average molecular weight is 449 g/mol. The van der Waals surface area contributed by atoms with Crippen molar-refractivity contribution in [2.45, 2.75) is 58.2 Å². The minimum absolute atomic E-state index is 0.201. The fourth-order valence-electron chi connectivity index (χ4n) is 5.53. The van der Waals surface area contributed by atoms with Gasteiger partial charge in [-0.15, -0.1) is 0 Å². The Labute approximate surface area is 180 Å². The van der Waals surface area contributed by atoms with Gasteiger partial charge in [0.1, 0.15) is 5.82 Å². The number of halogens is 3. The summed E-state index contributed by atoms with van der Waals surface area (Å²) in [4.78, 5) is 10.1. The smallest absolute Gasteiger partial charge is 0.340 e. The third kappa shape index (κ3) is 3.37. The lowest BCUT2D eigenvalue weighted by atomic mass is 10.0. The van der Waals surface area contributed by atoms with Crippen LogP contribution in [0.15, 0.2) is 36.5 Å². The average Bonchev–Trinajstić information content (AvgIpc) is 3.00. The minimum Gasteiger partial charge on any atom is -0.373 e. The van der Waals surface area contributed by atoms with Gasteiger partial charge in [-0.1, -0.05) is 59.7 Å². The van der Waals surface area contributed by atoms with Crippen LogP contribution in [-0.2, 0) is 0 Å². The second-order valence-corrected chi connectivity index (χ2v) is 14.6. The van der Waals surface area contributed by atoms with E-state index in [-0.39, 0.29) is 5.56 Å². The molecular weight excluding hydrogens is 421 g/mol. The van der Waals surface area contributed by atoms with E-state index in [0.717, 1.165) is 5.52 Å². The summed E-state index contributed by atoms with van der Waals surface area (Å²) in [5.41, 5.74) is 0.0596. The molecule has 1 aromatic heterocycles. The number of benzene rings is 2. The molecular formula is C23H27F3N2O2Si. The molecule has 0 unspecified atom stereocenters. The van der Waals surface area contributed by atoms with Crippen LogP contribution in [0.4, 0.5) is 18.9 Å². The van der Waals surface area contributed by atoms with Gasteiger partial charge in [0, 0.05) is 28.7 Å². The summed E-state index contributed by atoms with van der Waals surface area (Å²) in [5.74, 6) is -4.17. The maximum absolute atomic E-state index is 15.1. The van der Waals surface area contributed by atoms with E-state index in [4.69, 9.17) is 0 Å². The van der Waals surface area contributed by atoms with Crippen LogP contribution < -0.4 is 0 Å². The summed E-state index contributed by atoms with van der Waals surface area (Å²) < 4.78 is 46.1. The number of hydrogen-bond donors (Lipinski definition) is 0. The van der Waals surface area contributed by atoms with Crippen molar-refractivity contribution in [1.29, 1.82) is 0 Å². The number of rotatable bonds is 6. The molecule has 0 amide bonds. The quantitative estimate of drug-likeness (QED) is 0.221. The first-order valence-electron chi connectivity index (χ1n) is 10.4. The number of nitro benzene ring substituents is 1. The van der Waals surface area contributed by atoms with Crippen molar-refractivity contribution in [3.05, 3.63) is 64.1 Å². The minimum atomic E-state index is -2.30. The van der Waals surface area contributed by atoms with Gasteiger partial charge in [0.15, 0.2) is 8.24 Å². The van der Waals surface area contributed by atoms with Crippen molar-refractivity contribution in [3.63, 3.8) is 0 Å². The number of aromatic nitrogens is 1. The molecule has 3 aromatic rings. The van der Waals surface area contributed by atoms with Crippen molar-refractivity contribution >= 4 is 24.8 Å². The molecule has 4 nitrogen and oxygen atoms in total. The summed E-state index contributed by atoms with van der Waals surface area (Å²) in [6, 6.07) is 7.66. The molecule has 0 saturated heterocycles. The van der Waals surface area contributed by atoms with Crippen LogP contribution in [0.1, 0.15) is 41.5 Å². The summed E-state index contributed by atoms with van der Waals surface area (Å²) in [6.45, 7) is 13.0. The Kier molecular flexibility index (Phi) is 6.06. The van der Waals surface area contributed by atoms with Gasteiger partial charge in [-0.05, 0) is 22.7 Å². The van der Waals surface area contributed by atoms with E-state index in [1.54, 1.807) is 18.3 Å². The summed E-state index contributed by atoms with van der Waals surface area (Å²) >= 11 is 0. The second kappa shape index (κ2) is 8.14. The van der Waals surface area contributed by atoms with E-state index in [1.165, 1.54) is 0 Å². The molecule has 0 N–H and O–H groups in total. The van der Waals surface area contributed by atoms with Gasteiger partial charge < -0.3 is 4.23 Å². The first-order chi connectivity index (χ1) is 14.5. The van der Waals surface area contributed by atoms with E-state index < -0.39 is 41.9 Å². The number of hydrogen-bond acceptors (Lipinski definition) is 2. The lowest BCUT2D eigenvalue weighted by molar-refractivity contribution is -0.390. The molecule has 0 fully saturated rings. The molecule has 0 bridgehead atoms. The molecule has 31 heavy (non-hydrogen) atoms. The van der Waals surface area contributed by atoms with E-state index in [2.05, 4.69) is 45.8 Å². The maximum Gasteiger partial charge on any atom is 0.340 e. The van der Waals surface area contributed by atoms with Gasteiger partial charge in [0.25, 0.3) is 0 Å². The Bertz CT molecular complexity index is 1130. The van der Waals surface area contributed by atoms with Gasteiger partial charge in [0.2, 0.25) is 11.6 Å². The van der Waals surface area contributed by atoms with E-state index in [0.29, 0.717) is 28.1 Å². The molecule has 1 heterocycles. The summed E-state index contributed by atoms with van der Waals surface area (Å²) in [6.07, 6.45) is 1.72. The monoisotopic (exact) mass is 448 g/mol. The lowest BCUT2D eigenvalue weighted by Crippen LogP contribution is -2.51. The molecule has 0 aliphatic carbocycles. The SMILES string of the molecule is CC(C)[Si](C(C)C)(C(C)C)n1cc(-c2c(F)cc(F)c([N+](=O)[O-])c2F)c2ccccc21. The van der Waals surface area contributed by atoms with Crippen molar-refractivity contribution in [2.24, 2.45) is 0 Å².